The highest BCUT2D eigenvalue weighted by molar-refractivity contribution is 7.99. The molecule has 2 bridgehead atoms. The van der Waals surface area contributed by atoms with E-state index < -0.39 is 23.0 Å². The Morgan fingerprint density at radius 1 is 1.33 bits per heavy atom. The summed E-state index contributed by atoms with van der Waals surface area (Å²) in [6.07, 6.45) is 3.50. The number of ether oxygens (including phenoxy) is 1. The van der Waals surface area contributed by atoms with Crippen molar-refractivity contribution in [1.82, 2.24) is 15.2 Å². The van der Waals surface area contributed by atoms with E-state index in [4.69, 9.17) is 10.5 Å². The molecule has 4 rings (SSSR count). The van der Waals surface area contributed by atoms with E-state index in [1.165, 1.54) is 11.8 Å². The van der Waals surface area contributed by atoms with Gasteiger partial charge < -0.3 is 15.6 Å². The van der Waals surface area contributed by atoms with Gasteiger partial charge in [0.25, 0.3) is 0 Å². The first kappa shape index (κ1) is 24.5. The highest BCUT2D eigenvalue weighted by atomic mass is 32.2. The normalized spacial score (nSPS) is 43.0. The lowest BCUT2D eigenvalue weighted by Gasteiger charge is -2.62. The number of H-pyrrole nitrogens is 1. The van der Waals surface area contributed by atoms with Gasteiger partial charge >= 0.3 is 5.97 Å². The van der Waals surface area contributed by atoms with Crippen LogP contribution in [-0.2, 0) is 14.3 Å². The van der Waals surface area contributed by atoms with E-state index in [9.17, 15) is 14.7 Å². The number of Topliss-reactive ketones (excluding diaryl/α,β-unsaturated/α-hetero) is 1. The van der Waals surface area contributed by atoms with E-state index in [0.29, 0.717) is 23.9 Å². The van der Waals surface area contributed by atoms with Crippen molar-refractivity contribution in [3.63, 3.8) is 0 Å². The summed E-state index contributed by atoms with van der Waals surface area (Å²) in [4.78, 5) is 30.4. The smallest absolute Gasteiger partial charge is 0.316 e. The number of nitrogen functional groups attached to an aromatic ring is 1. The van der Waals surface area contributed by atoms with Gasteiger partial charge in [-0.1, -0.05) is 46.4 Å². The molecule has 8 nitrogen and oxygen atoms in total. The zero-order valence-corrected chi connectivity index (χ0v) is 21.2. The summed E-state index contributed by atoms with van der Waals surface area (Å²) in [5.41, 5.74) is 4.46. The van der Waals surface area contributed by atoms with Crippen LogP contribution in [0.4, 0.5) is 5.95 Å². The highest BCUT2D eigenvalue weighted by Gasteiger charge is 2.68. The molecule has 1 aromatic rings. The zero-order valence-electron chi connectivity index (χ0n) is 20.4. The first-order valence-electron chi connectivity index (χ1n) is 12.2. The maximum Gasteiger partial charge on any atom is 0.316 e. The molecular weight excluding hydrogens is 440 g/mol. The molecule has 0 aromatic carbocycles. The summed E-state index contributed by atoms with van der Waals surface area (Å²) >= 11 is 1.17. The molecule has 0 radical (unpaired) electrons. The van der Waals surface area contributed by atoms with Crippen LogP contribution in [-0.4, -0.2) is 50.0 Å². The van der Waals surface area contributed by atoms with Crippen LogP contribution in [0.5, 0.6) is 0 Å². The molecule has 3 saturated carbocycles. The first-order valence-corrected chi connectivity index (χ1v) is 13.2. The molecule has 3 aliphatic carbocycles. The molecule has 9 heteroatoms. The number of carbonyl (C=O) groups excluding carboxylic acids is 2. The second kappa shape index (κ2) is 8.56. The lowest BCUT2D eigenvalue weighted by molar-refractivity contribution is -0.209. The van der Waals surface area contributed by atoms with Crippen molar-refractivity contribution in [2.24, 2.45) is 34.0 Å². The van der Waals surface area contributed by atoms with Gasteiger partial charge in [0, 0.05) is 17.8 Å². The molecule has 0 spiro atoms. The van der Waals surface area contributed by atoms with Gasteiger partial charge in [0.05, 0.1) is 11.9 Å². The fourth-order valence-electron chi connectivity index (χ4n) is 7.51. The molecule has 0 aliphatic heterocycles. The predicted octanol–water partition coefficient (Wildman–Crippen LogP) is 3.61. The molecule has 8 atom stereocenters. The van der Waals surface area contributed by atoms with Crippen LogP contribution >= 0.6 is 11.8 Å². The van der Waals surface area contributed by atoms with Crippen molar-refractivity contribution < 1.29 is 19.4 Å². The lowest BCUT2D eigenvalue weighted by atomic mass is 9.43. The Bertz CT molecular complexity index is 924. The quantitative estimate of drug-likeness (QED) is 0.432. The number of nitrogens with zero attached hydrogens (tertiary/aromatic N) is 2. The number of aromatic amines is 1. The number of aromatic nitrogens is 3. The van der Waals surface area contributed by atoms with Gasteiger partial charge in [-0.15, -0.1) is 5.10 Å². The van der Waals surface area contributed by atoms with Crippen LogP contribution in [0.1, 0.15) is 73.1 Å². The Kier molecular flexibility index (Phi) is 6.36. The Morgan fingerprint density at radius 3 is 2.70 bits per heavy atom. The van der Waals surface area contributed by atoms with Gasteiger partial charge in [-0.05, 0) is 54.8 Å². The molecule has 3 fully saturated rings. The third kappa shape index (κ3) is 3.79. The molecule has 0 saturated heterocycles. The second-order valence-electron chi connectivity index (χ2n) is 11.2. The Labute approximate surface area is 200 Å². The van der Waals surface area contributed by atoms with Gasteiger partial charge in [0.15, 0.2) is 0 Å². The summed E-state index contributed by atoms with van der Waals surface area (Å²) in [6.45, 7) is 10.8. The van der Waals surface area contributed by atoms with Gasteiger partial charge in [0.2, 0.25) is 11.1 Å². The maximum absolute atomic E-state index is 13.4. The van der Waals surface area contributed by atoms with Gasteiger partial charge in [0.1, 0.15) is 11.9 Å². The van der Waals surface area contributed by atoms with Crippen molar-refractivity contribution in [1.29, 1.82) is 0 Å². The largest absolute Gasteiger partial charge is 0.461 e. The van der Waals surface area contributed by atoms with E-state index in [2.05, 4.69) is 49.8 Å². The molecular formula is C24H38N4O4S. The molecule has 4 N–H and O–H groups in total. The molecule has 0 unspecified atom stereocenters. The van der Waals surface area contributed by atoms with E-state index in [0.717, 1.165) is 25.7 Å². The molecule has 1 aromatic heterocycles. The topological polar surface area (TPSA) is 131 Å². The number of ketones is 1. The van der Waals surface area contributed by atoms with Crippen molar-refractivity contribution in [2.45, 2.75) is 90.5 Å². The number of nitrogens with one attached hydrogen (secondary N) is 1. The lowest BCUT2D eigenvalue weighted by Crippen LogP contribution is -2.63. The van der Waals surface area contributed by atoms with Gasteiger partial charge in [-0.25, -0.2) is 5.10 Å². The van der Waals surface area contributed by atoms with Crippen LogP contribution in [0.15, 0.2) is 5.16 Å². The van der Waals surface area contributed by atoms with Crippen LogP contribution in [0.25, 0.3) is 0 Å². The average Bonchev–Trinajstić information content (AvgIpc) is 3.37. The van der Waals surface area contributed by atoms with Gasteiger partial charge in [-0.2, -0.15) is 4.98 Å². The van der Waals surface area contributed by atoms with E-state index in [1.54, 1.807) is 0 Å². The number of thioether (sulfide) groups is 1. The molecule has 184 valence electrons. The highest BCUT2D eigenvalue weighted by Crippen LogP contribution is 2.68. The number of carbonyl (C=O) groups is 2. The number of rotatable bonds is 5. The van der Waals surface area contributed by atoms with Crippen molar-refractivity contribution in [3.05, 3.63) is 0 Å². The number of nitrogens with two attached hydrogens (primary N) is 1. The minimum atomic E-state index is -0.562. The minimum absolute atomic E-state index is 0.0110. The fraction of sp³-hybridized carbons (Fsp3) is 0.833. The monoisotopic (exact) mass is 478 g/mol. The van der Waals surface area contributed by atoms with Crippen molar-refractivity contribution in [3.8, 4) is 0 Å². The SMILES string of the molecule is CC[C@]1(C)C[C@@H](OC(=O)CSc2n[nH]c(N)n2)[C@]2(C)CC[C@H](C)[C@@]3(CCC(=O)[C@@H]23)[C@@H](C)[C@@H]1O. The fourth-order valence-corrected chi connectivity index (χ4v) is 8.10. The van der Waals surface area contributed by atoms with Crippen LogP contribution in [0, 0.1) is 34.0 Å². The van der Waals surface area contributed by atoms with Crippen LogP contribution in [0.3, 0.4) is 0 Å². The standard InChI is InChI=1S/C24H38N4O4S/c1-6-22(4)11-16(32-17(30)12-33-21-26-20(25)27-28-21)23(5)9-7-13(2)24(14(3)19(22)31)10-8-15(29)18(23)24/h13-14,16,18-19,31H,6-12H2,1-5H3,(H3,25,26,27,28)/t13-,14-,16+,18-,19-,22+,23-,24-/m0/s1. The maximum atomic E-state index is 13.4. The summed E-state index contributed by atoms with van der Waals surface area (Å²) in [6, 6.07) is 0. The first-order chi connectivity index (χ1) is 15.5. The number of hydrogen-bond acceptors (Lipinski definition) is 8. The zero-order chi connectivity index (χ0) is 24.2. The third-order valence-electron chi connectivity index (χ3n) is 9.66. The van der Waals surface area contributed by atoms with Crippen LogP contribution < -0.4 is 5.73 Å². The van der Waals surface area contributed by atoms with Crippen molar-refractivity contribution in [2.75, 3.05) is 11.5 Å². The number of aliphatic hydroxyl groups is 1. The minimum Gasteiger partial charge on any atom is -0.461 e. The van der Waals surface area contributed by atoms with E-state index >= 15 is 0 Å². The third-order valence-corrected chi connectivity index (χ3v) is 10.5. The number of esters is 1. The number of hydrogen-bond donors (Lipinski definition) is 3. The number of anilines is 1. The molecule has 33 heavy (non-hydrogen) atoms. The molecule has 0 amide bonds. The van der Waals surface area contributed by atoms with Gasteiger partial charge in [-0.3, -0.25) is 9.59 Å². The summed E-state index contributed by atoms with van der Waals surface area (Å²) in [5.74, 6) is 0.337. The summed E-state index contributed by atoms with van der Waals surface area (Å²) in [7, 11) is 0. The molecule has 1 heterocycles. The Balaban J connectivity index is 1.68. The summed E-state index contributed by atoms with van der Waals surface area (Å²) < 4.78 is 6.19. The van der Waals surface area contributed by atoms with E-state index in [-0.39, 0.29) is 40.7 Å². The van der Waals surface area contributed by atoms with Crippen LogP contribution in [0.2, 0.25) is 0 Å². The predicted molar refractivity (Wildman–Crippen MR) is 126 cm³/mol. The second-order valence-corrected chi connectivity index (χ2v) is 12.1. The Morgan fingerprint density at radius 2 is 2.06 bits per heavy atom. The average molecular weight is 479 g/mol. The summed E-state index contributed by atoms with van der Waals surface area (Å²) in [5, 5.41) is 18.6. The Hall–Kier alpha value is -1.61. The number of aliphatic hydroxyl groups excluding tert-OH is 1. The van der Waals surface area contributed by atoms with Crippen molar-refractivity contribution >= 4 is 29.5 Å². The van der Waals surface area contributed by atoms with E-state index in [1.807, 2.05) is 0 Å². The molecule has 3 aliphatic rings.